The van der Waals surface area contributed by atoms with Crippen molar-refractivity contribution in [3.8, 4) is 6.07 Å². The molecule has 0 amide bonds. The monoisotopic (exact) mass is 265 g/mol. The van der Waals surface area contributed by atoms with E-state index < -0.39 is 10.0 Å². The van der Waals surface area contributed by atoms with E-state index in [0.717, 1.165) is 6.42 Å². The van der Waals surface area contributed by atoms with Gasteiger partial charge in [0, 0.05) is 19.1 Å². The second-order valence-electron chi connectivity index (χ2n) is 4.25. The Hall–Kier alpha value is -1.42. The van der Waals surface area contributed by atoms with Gasteiger partial charge in [-0.25, -0.2) is 8.42 Å². The van der Waals surface area contributed by atoms with Gasteiger partial charge in [0.2, 0.25) is 10.0 Å². The zero-order valence-electron chi connectivity index (χ0n) is 10.1. The van der Waals surface area contributed by atoms with Crippen LogP contribution in [-0.4, -0.2) is 38.9 Å². The van der Waals surface area contributed by atoms with Gasteiger partial charge in [-0.2, -0.15) is 9.57 Å². The lowest BCUT2D eigenvalue weighted by Crippen LogP contribution is -2.33. The SMILES string of the molecule is CNC1CCN(S(=O)(=O)c2ccccc2C#N)C1. The van der Waals surface area contributed by atoms with Gasteiger partial charge in [0.1, 0.15) is 6.07 Å². The van der Waals surface area contributed by atoms with E-state index in [9.17, 15) is 8.42 Å². The molecule has 1 N–H and O–H groups in total. The normalized spacial score (nSPS) is 20.8. The molecule has 0 aromatic heterocycles. The highest BCUT2D eigenvalue weighted by Crippen LogP contribution is 2.23. The van der Waals surface area contributed by atoms with E-state index in [1.165, 1.54) is 16.4 Å². The van der Waals surface area contributed by atoms with Crippen molar-refractivity contribution in [2.75, 3.05) is 20.1 Å². The van der Waals surface area contributed by atoms with E-state index in [2.05, 4.69) is 5.32 Å². The molecule has 1 aliphatic heterocycles. The molecule has 18 heavy (non-hydrogen) atoms. The second-order valence-corrected chi connectivity index (χ2v) is 6.15. The summed E-state index contributed by atoms with van der Waals surface area (Å²) in [5.41, 5.74) is 0.199. The highest BCUT2D eigenvalue weighted by Gasteiger charge is 2.33. The summed E-state index contributed by atoms with van der Waals surface area (Å²) in [6.07, 6.45) is 0.796. The maximum absolute atomic E-state index is 12.4. The lowest BCUT2D eigenvalue weighted by atomic mass is 10.2. The van der Waals surface area contributed by atoms with Crippen LogP contribution < -0.4 is 5.32 Å². The van der Waals surface area contributed by atoms with Gasteiger partial charge in [-0.3, -0.25) is 0 Å². The van der Waals surface area contributed by atoms with Crippen molar-refractivity contribution in [2.24, 2.45) is 0 Å². The van der Waals surface area contributed by atoms with E-state index in [-0.39, 0.29) is 16.5 Å². The van der Waals surface area contributed by atoms with E-state index in [0.29, 0.717) is 13.1 Å². The van der Waals surface area contributed by atoms with Crippen LogP contribution in [0.15, 0.2) is 29.2 Å². The van der Waals surface area contributed by atoms with Crippen molar-refractivity contribution in [1.29, 1.82) is 5.26 Å². The molecule has 96 valence electrons. The van der Waals surface area contributed by atoms with Crippen molar-refractivity contribution >= 4 is 10.0 Å². The maximum Gasteiger partial charge on any atom is 0.244 e. The van der Waals surface area contributed by atoms with Crippen LogP contribution >= 0.6 is 0 Å². The zero-order valence-corrected chi connectivity index (χ0v) is 10.9. The lowest BCUT2D eigenvalue weighted by molar-refractivity contribution is 0.464. The first kappa shape index (κ1) is 13.0. The summed E-state index contributed by atoms with van der Waals surface area (Å²) in [6, 6.07) is 8.43. The molecule has 5 nitrogen and oxygen atoms in total. The number of benzene rings is 1. The minimum Gasteiger partial charge on any atom is -0.316 e. The minimum atomic E-state index is -3.55. The molecule has 0 spiro atoms. The first-order chi connectivity index (χ1) is 8.59. The van der Waals surface area contributed by atoms with Gasteiger partial charge in [-0.15, -0.1) is 0 Å². The minimum absolute atomic E-state index is 0.101. The molecule has 1 unspecified atom stereocenters. The Labute approximate surface area is 107 Å². The van der Waals surface area contributed by atoms with Gasteiger partial charge >= 0.3 is 0 Å². The second kappa shape index (κ2) is 5.06. The van der Waals surface area contributed by atoms with Crippen molar-refractivity contribution in [3.05, 3.63) is 29.8 Å². The topological polar surface area (TPSA) is 73.2 Å². The van der Waals surface area contributed by atoms with Crippen LogP contribution in [0.4, 0.5) is 0 Å². The van der Waals surface area contributed by atoms with Crippen LogP contribution in [-0.2, 0) is 10.0 Å². The van der Waals surface area contributed by atoms with Crippen LogP contribution in [0.1, 0.15) is 12.0 Å². The van der Waals surface area contributed by atoms with Gasteiger partial charge < -0.3 is 5.32 Å². The molecule has 1 saturated heterocycles. The van der Waals surface area contributed by atoms with Gasteiger partial charge in [-0.1, -0.05) is 12.1 Å². The number of hydrogen-bond donors (Lipinski definition) is 1. The van der Waals surface area contributed by atoms with E-state index in [1.54, 1.807) is 12.1 Å². The molecule has 0 aliphatic carbocycles. The van der Waals surface area contributed by atoms with Crippen molar-refractivity contribution < 1.29 is 8.42 Å². The molecule has 0 bridgehead atoms. The molecule has 1 heterocycles. The van der Waals surface area contributed by atoms with E-state index in [1.807, 2.05) is 13.1 Å². The summed E-state index contributed by atoms with van der Waals surface area (Å²) >= 11 is 0. The summed E-state index contributed by atoms with van der Waals surface area (Å²) in [7, 11) is -1.73. The number of nitrogens with zero attached hydrogens (tertiary/aromatic N) is 2. The largest absolute Gasteiger partial charge is 0.316 e. The summed E-state index contributed by atoms with van der Waals surface area (Å²) in [5.74, 6) is 0. The third-order valence-corrected chi connectivity index (χ3v) is 5.11. The fraction of sp³-hybridized carbons (Fsp3) is 0.417. The zero-order chi connectivity index (χ0) is 13.2. The van der Waals surface area contributed by atoms with Crippen molar-refractivity contribution in [2.45, 2.75) is 17.4 Å². The first-order valence-electron chi connectivity index (χ1n) is 5.76. The summed E-state index contributed by atoms with van der Waals surface area (Å²) < 4.78 is 26.3. The Morgan fingerprint density at radius 2 is 2.17 bits per heavy atom. The van der Waals surface area contributed by atoms with Crippen LogP contribution in [0.5, 0.6) is 0 Å². The number of likely N-dealkylation sites (N-methyl/N-ethyl adjacent to an activating group) is 1. The van der Waals surface area contributed by atoms with Gasteiger partial charge in [0.05, 0.1) is 10.5 Å². The molecule has 1 aliphatic rings. The molecular formula is C12H15N3O2S. The Balaban J connectivity index is 2.35. The third kappa shape index (κ3) is 2.25. The molecule has 6 heteroatoms. The average Bonchev–Trinajstić information content (AvgIpc) is 2.88. The Bertz CT molecular complexity index is 577. The lowest BCUT2D eigenvalue weighted by Gasteiger charge is -2.17. The molecule has 1 aromatic rings. The highest BCUT2D eigenvalue weighted by molar-refractivity contribution is 7.89. The molecule has 0 radical (unpaired) electrons. The summed E-state index contributed by atoms with van der Waals surface area (Å²) in [5, 5.41) is 12.1. The maximum atomic E-state index is 12.4. The average molecular weight is 265 g/mol. The van der Waals surface area contributed by atoms with E-state index >= 15 is 0 Å². The third-order valence-electron chi connectivity index (χ3n) is 3.18. The molecule has 2 rings (SSSR count). The predicted octanol–water partition coefficient (Wildman–Crippen LogP) is 0.541. The molecular weight excluding hydrogens is 250 g/mol. The first-order valence-corrected chi connectivity index (χ1v) is 7.20. The summed E-state index contributed by atoms with van der Waals surface area (Å²) in [6.45, 7) is 0.951. The van der Waals surface area contributed by atoms with Gasteiger partial charge in [0.25, 0.3) is 0 Å². The number of sulfonamides is 1. The van der Waals surface area contributed by atoms with Crippen LogP contribution in [0, 0.1) is 11.3 Å². The molecule has 1 fully saturated rings. The van der Waals surface area contributed by atoms with Crippen molar-refractivity contribution in [1.82, 2.24) is 9.62 Å². The van der Waals surface area contributed by atoms with E-state index in [4.69, 9.17) is 5.26 Å². The van der Waals surface area contributed by atoms with Crippen LogP contribution in [0.2, 0.25) is 0 Å². The fourth-order valence-electron chi connectivity index (χ4n) is 2.11. The fourth-order valence-corrected chi connectivity index (χ4v) is 3.75. The summed E-state index contributed by atoms with van der Waals surface area (Å²) in [4.78, 5) is 0.101. The number of nitriles is 1. The molecule has 0 saturated carbocycles. The van der Waals surface area contributed by atoms with Crippen LogP contribution in [0.25, 0.3) is 0 Å². The van der Waals surface area contributed by atoms with Crippen molar-refractivity contribution in [3.63, 3.8) is 0 Å². The highest BCUT2D eigenvalue weighted by atomic mass is 32.2. The standard InChI is InChI=1S/C12H15N3O2S/c1-14-11-6-7-15(9-11)18(16,17)12-5-3-2-4-10(12)8-13/h2-5,11,14H,6-7,9H2,1H3. The smallest absolute Gasteiger partial charge is 0.244 e. The quantitative estimate of drug-likeness (QED) is 0.865. The Morgan fingerprint density at radius 3 is 2.78 bits per heavy atom. The number of nitrogens with one attached hydrogen (secondary N) is 1. The Morgan fingerprint density at radius 1 is 1.44 bits per heavy atom. The predicted molar refractivity (Wildman–Crippen MR) is 67.4 cm³/mol. The number of rotatable bonds is 3. The number of hydrogen-bond acceptors (Lipinski definition) is 4. The van der Waals surface area contributed by atoms with Gasteiger partial charge in [-0.05, 0) is 25.6 Å². The van der Waals surface area contributed by atoms with Crippen LogP contribution in [0.3, 0.4) is 0 Å². The molecule has 1 atom stereocenters. The Kier molecular flexibility index (Phi) is 3.66. The van der Waals surface area contributed by atoms with Gasteiger partial charge in [0.15, 0.2) is 0 Å². The molecule has 1 aromatic carbocycles.